The average Bonchev–Trinajstić information content (AvgIpc) is 2.79. The number of hydrazone groups is 1. The van der Waals surface area contributed by atoms with Gasteiger partial charge in [-0.3, -0.25) is 14.5 Å². The number of benzene rings is 2. The van der Waals surface area contributed by atoms with Crippen LogP contribution in [-0.4, -0.2) is 53.0 Å². The van der Waals surface area contributed by atoms with Crippen LogP contribution in [0.5, 0.6) is 0 Å². The second-order valence-corrected chi connectivity index (χ2v) is 7.10. The molecule has 30 heavy (non-hydrogen) atoms. The highest BCUT2D eigenvalue weighted by molar-refractivity contribution is 6.05. The highest BCUT2D eigenvalue weighted by Gasteiger charge is 2.25. The number of nitrogens with one attached hydrogen (secondary N) is 2. The van der Waals surface area contributed by atoms with E-state index in [1.807, 2.05) is 25.1 Å². The number of hydrogen-bond donors (Lipinski definition) is 2. The Morgan fingerprint density at radius 1 is 1.10 bits per heavy atom. The molecule has 1 amide bonds. The third kappa shape index (κ3) is 4.14. The number of carbonyl (C=O) groups excluding carboxylic acids is 1. The summed E-state index contributed by atoms with van der Waals surface area (Å²) in [6.07, 6.45) is 0. The van der Waals surface area contributed by atoms with Gasteiger partial charge in [0, 0.05) is 18.5 Å². The summed E-state index contributed by atoms with van der Waals surface area (Å²) in [6.45, 7) is 4.79. The van der Waals surface area contributed by atoms with Crippen LogP contribution in [0.1, 0.15) is 29.0 Å². The molecule has 1 aromatic heterocycles. The lowest BCUT2D eigenvalue weighted by Crippen LogP contribution is -2.42. The summed E-state index contributed by atoms with van der Waals surface area (Å²) in [7, 11) is 0. The number of morpholine rings is 1. The van der Waals surface area contributed by atoms with Crippen molar-refractivity contribution in [3.05, 3.63) is 76.2 Å². The van der Waals surface area contributed by atoms with Gasteiger partial charge in [-0.05, 0) is 18.6 Å². The van der Waals surface area contributed by atoms with Gasteiger partial charge in [-0.1, -0.05) is 48.5 Å². The topological polar surface area (TPSA) is 99.7 Å². The van der Waals surface area contributed by atoms with Gasteiger partial charge >= 0.3 is 0 Å². The number of hydrogen-bond acceptors (Lipinski definition) is 6. The minimum Gasteiger partial charge on any atom is -0.379 e. The van der Waals surface area contributed by atoms with E-state index in [-0.39, 0.29) is 17.3 Å². The van der Waals surface area contributed by atoms with E-state index in [9.17, 15) is 9.59 Å². The van der Waals surface area contributed by atoms with Crippen molar-refractivity contribution in [2.45, 2.75) is 13.0 Å². The first-order valence-corrected chi connectivity index (χ1v) is 9.84. The molecule has 0 bridgehead atoms. The van der Waals surface area contributed by atoms with Crippen molar-refractivity contribution in [3.8, 4) is 0 Å². The van der Waals surface area contributed by atoms with E-state index in [2.05, 4.69) is 37.8 Å². The third-order valence-electron chi connectivity index (χ3n) is 5.17. The molecule has 3 aromatic rings. The summed E-state index contributed by atoms with van der Waals surface area (Å²) in [5.74, 6) is -0.476. The molecule has 2 aromatic carbocycles. The molecular formula is C22H23N5O3. The van der Waals surface area contributed by atoms with Crippen LogP contribution in [0.3, 0.4) is 0 Å². The molecule has 0 spiro atoms. The number of H-pyrrole nitrogens is 1. The molecule has 1 saturated heterocycles. The first kappa shape index (κ1) is 19.9. The zero-order valence-electron chi connectivity index (χ0n) is 16.7. The van der Waals surface area contributed by atoms with E-state index in [0.717, 1.165) is 24.4 Å². The number of fused-ring (bicyclic) bond motifs is 1. The van der Waals surface area contributed by atoms with Crippen LogP contribution in [0, 0.1) is 0 Å². The van der Waals surface area contributed by atoms with Crippen LogP contribution in [-0.2, 0) is 4.74 Å². The van der Waals surface area contributed by atoms with Gasteiger partial charge < -0.3 is 4.74 Å². The highest BCUT2D eigenvalue weighted by atomic mass is 16.5. The monoisotopic (exact) mass is 405 g/mol. The van der Waals surface area contributed by atoms with E-state index in [1.54, 1.807) is 24.3 Å². The minimum atomic E-state index is -0.476. The fraction of sp³-hybridized carbons (Fsp3) is 0.273. The van der Waals surface area contributed by atoms with Gasteiger partial charge in [-0.25, -0.2) is 10.5 Å². The average molecular weight is 405 g/mol. The van der Waals surface area contributed by atoms with Gasteiger partial charge in [0.1, 0.15) is 0 Å². The molecule has 1 aliphatic heterocycles. The number of nitrogens with zero attached hydrogens (tertiary/aromatic N) is 3. The SMILES string of the molecule is C/C(=N/NC(=O)c1n[nH]c(=O)c2ccccc12)[C@H](c1ccccc1)N1CCOCC1. The van der Waals surface area contributed by atoms with E-state index in [1.165, 1.54) is 0 Å². The Morgan fingerprint density at radius 3 is 2.50 bits per heavy atom. The summed E-state index contributed by atoms with van der Waals surface area (Å²) in [4.78, 5) is 27.0. The van der Waals surface area contributed by atoms with E-state index < -0.39 is 5.91 Å². The quantitative estimate of drug-likeness (QED) is 0.500. The standard InChI is InChI=1S/C22H23N5O3/c1-15(20(16-7-3-2-4-8-16)27-11-13-30-14-12-27)23-26-22(29)19-17-9-5-6-10-18(17)21(28)25-24-19/h2-10,20H,11-14H2,1H3,(H,25,28)(H,26,29)/b23-15-/t20-/m1/s1. The van der Waals surface area contributed by atoms with Crippen LogP contribution in [0.4, 0.5) is 0 Å². The summed E-state index contributed by atoms with van der Waals surface area (Å²) in [6, 6.07) is 16.9. The van der Waals surface area contributed by atoms with Gasteiger partial charge in [0.15, 0.2) is 5.69 Å². The molecule has 8 nitrogen and oxygen atoms in total. The number of amides is 1. The van der Waals surface area contributed by atoms with Crippen LogP contribution in [0.2, 0.25) is 0 Å². The predicted molar refractivity (Wildman–Crippen MR) is 115 cm³/mol. The maximum absolute atomic E-state index is 12.8. The molecular weight excluding hydrogens is 382 g/mol. The molecule has 0 radical (unpaired) electrons. The van der Waals surface area contributed by atoms with Crippen molar-refractivity contribution < 1.29 is 9.53 Å². The van der Waals surface area contributed by atoms with Gasteiger partial charge in [0.25, 0.3) is 11.5 Å². The predicted octanol–water partition coefficient (Wildman–Crippen LogP) is 2.10. The Bertz CT molecular complexity index is 1120. The number of rotatable bonds is 5. The van der Waals surface area contributed by atoms with E-state index >= 15 is 0 Å². The summed E-state index contributed by atoms with van der Waals surface area (Å²) < 4.78 is 5.48. The van der Waals surface area contributed by atoms with E-state index in [0.29, 0.717) is 24.0 Å². The van der Waals surface area contributed by atoms with E-state index in [4.69, 9.17) is 4.74 Å². The molecule has 1 atom stereocenters. The maximum Gasteiger partial charge on any atom is 0.292 e. The van der Waals surface area contributed by atoms with Gasteiger partial charge in [0.05, 0.1) is 30.4 Å². The van der Waals surface area contributed by atoms with Gasteiger partial charge in [0.2, 0.25) is 0 Å². The van der Waals surface area contributed by atoms with Crippen LogP contribution in [0.15, 0.2) is 64.5 Å². The Morgan fingerprint density at radius 2 is 1.77 bits per heavy atom. The molecule has 2 heterocycles. The number of carbonyl (C=O) groups is 1. The van der Waals surface area contributed by atoms with Crippen molar-refractivity contribution in [1.29, 1.82) is 0 Å². The number of ether oxygens (including phenoxy) is 1. The second kappa shape index (κ2) is 8.98. The van der Waals surface area contributed by atoms with Crippen molar-refractivity contribution in [1.82, 2.24) is 20.5 Å². The van der Waals surface area contributed by atoms with Crippen molar-refractivity contribution in [2.24, 2.45) is 5.10 Å². The Kier molecular flexibility index (Phi) is 5.97. The Hall–Kier alpha value is -3.36. The van der Waals surface area contributed by atoms with Crippen molar-refractivity contribution in [2.75, 3.05) is 26.3 Å². The second-order valence-electron chi connectivity index (χ2n) is 7.10. The summed E-state index contributed by atoms with van der Waals surface area (Å²) >= 11 is 0. The summed E-state index contributed by atoms with van der Waals surface area (Å²) in [5.41, 5.74) is 4.25. The lowest BCUT2D eigenvalue weighted by atomic mass is 10.0. The number of aromatic nitrogens is 2. The number of aromatic amines is 1. The molecule has 0 unspecified atom stereocenters. The fourth-order valence-electron chi connectivity index (χ4n) is 3.73. The zero-order chi connectivity index (χ0) is 20.9. The highest BCUT2D eigenvalue weighted by Crippen LogP contribution is 2.23. The lowest BCUT2D eigenvalue weighted by molar-refractivity contribution is 0.0285. The molecule has 154 valence electrons. The molecule has 2 N–H and O–H groups in total. The Balaban J connectivity index is 1.61. The molecule has 1 aliphatic rings. The molecule has 4 rings (SSSR count). The zero-order valence-corrected chi connectivity index (χ0v) is 16.7. The molecule has 1 fully saturated rings. The van der Waals surface area contributed by atoms with Crippen LogP contribution >= 0.6 is 0 Å². The van der Waals surface area contributed by atoms with Crippen molar-refractivity contribution >= 4 is 22.4 Å². The summed E-state index contributed by atoms with van der Waals surface area (Å²) in [5, 5.41) is 11.6. The Labute approximate surface area is 173 Å². The largest absolute Gasteiger partial charge is 0.379 e. The first-order chi connectivity index (χ1) is 14.6. The van der Waals surface area contributed by atoms with Crippen molar-refractivity contribution in [3.63, 3.8) is 0 Å². The van der Waals surface area contributed by atoms with Gasteiger partial charge in [-0.2, -0.15) is 10.2 Å². The molecule has 0 aliphatic carbocycles. The van der Waals surface area contributed by atoms with Crippen LogP contribution in [0.25, 0.3) is 10.8 Å². The van der Waals surface area contributed by atoms with Gasteiger partial charge in [-0.15, -0.1) is 0 Å². The molecule has 8 heteroatoms. The first-order valence-electron chi connectivity index (χ1n) is 9.84. The minimum absolute atomic E-state index is 0.0734. The maximum atomic E-state index is 12.8. The normalized spacial score (nSPS) is 16.4. The smallest absolute Gasteiger partial charge is 0.292 e. The van der Waals surface area contributed by atoms with Crippen LogP contribution < -0.4 is 11.0 Å². The molecule has 0 saturated carbocycles. The lowest BCUT2D eigenvalue weighted by Gasteiger charge is -2.34. The fourth-order valence-corrected chi connectivity index (χ4v) is 3.73. The third-order valence-corrected chi connectivity index (χ3v) is 5.17.